The summed E-state index contributed by atoms with van der Waals surface area (Å²) in [6.45, 7) is 0. The molecular formula is C8H6BrO3. The SMILES string of the molecule is COC(=O)c1c[c]cc(Br)c1O. The fourth-order valence-electron chi connectivity index (χ4n) is 0.729. The predicted molar refractivity (Wildman–Crippen MR) is 46.0 cm³/mol. The molecule has 0 fully saturated rings. The van der Waals surface area contributed by atoms with Gasteiger partial charge in [0, 0.05) is 0 Å². The van der Waals surface area contributed by atoms with Crippen molar-refractivity contribution >= 4 is 21.9 Å². The maximum absolute atomic E-state index is 11.0. The van der Waals surface area contributed by atoms with Gasteiger partial charge in [-0.15, -0.1) is 0 Å². The molecule has 0 aliphatic rings. The summed E-state index contributed by atoms with van der Waals surface area (Å²) in [6, 6.07) is 5.56. The monoisotopic (exact) mass is 229 g/mol. The minimum Gasteiger partial charge on any atom is -0.506 e. The second-order valence-corrected chi connectivity index (χ2v) is 2.91. The molecule has 0 aliphatic carbocycles. The molecular weight excluding hydrogens is 224 g/mol. The van der Waals surface area contributed by atoms with Gasteiger partial charge in [-0.2, -0.15) is 0 Å². The fourth-order valence-corrected chi connectivity index (χ4v) is 1.07. The number of aromatic hydroxyl groups is 1. The summed E-state index contributed by atoms with van der Waals surface area (Å²) in [5.74, 6) is -0.703. The van der Waals surface area contributed by atoms with Crippen LogP contribution in [0.2, 0.25) is 0 Å². The molecule has 4 heteroatoms. The number of hydrogen-bond donors (Lipinski definition) is 1. The Labute approximate surface area is 78.1 Å². The number of benzene rings is 1. The average molecular weight is 230 g/mol. The Morgan fingerprint density at radius 2 is 2.33 bits per heavy atom. The second-order valence-electron chi connectivity index (χ2n) is 2.06. The quantitative estimate of drug-likeness (QED) is 0.747. The van der Waals surface area contributed by atoms with Gasteiger partial charge in [0.2, 0.25) is 0 Å². The first-order valence-corrected chi connectivity index (χ1v) is 3.93. The van der Waals surface area contributed by atoms with Crippen LogP contribution < -0.4 is 0 Å². The number of carbonyl (C=O) groups excluding carboxylic acids is 1. The third-order valence-corrected chi connectivity index (χ3v) is 1.93. The molecule has 1 aromatic carbocycles. The van der Waals surface area contributed by atoms with Crippen LogP contribution >= 0.6 is 15.9 Å². The van der Waals surface area contributed by atoms with Crippen molar-refractivity contribution in [2.75, 3.05) is 7.11 Å². The van der Waals surface area contributed by atoms with Gasteiger partial charge >= 0.3 is 5.97 Å². The van der Waals surface area contributed by atoms with Crippen molar-refractivity contribution in [2.45, 2.75) is 0 Å². The average Bonchev–Trinajstić information content (AvgIpc) is 2.08. The topological polar surface area (TPSA) is 46.5 Å². The Bertz CT molecular complexity index is 309. The van der Waals surface area contributed by atoms with Gasteiger partial charge in [-0.05, 0) is 34.1 Å². The molecule has 1 aromatic rings. The number of ether oxygens (including phenoxy) is 1. The number of rotatable bonds is 1. The smallest absolute Gasteiger partial charge is 0.341 e. The second kappa shape index (κ2) is 3.58. The lowest BCUT2D eigenvalue weighted by Gasteiger charge is -2.02. The zero-order chi connectivity index (χ0) is 9.14. The third-order valence-electron chi connectivity index (χ3n) is 1.32. The molecule has 1 radical (unpaired) electrons. The van der Waals surface area contributed by atoms with Crippen LogP contribution in [-0.4, -0.2) is 18.2 Å². The lowest BCUT2D eigenvalue weighted by Crippen LogP contribution is -2.01. The Kier molecular flexibility index (Phi) is 2.70. The van der Waals surface area contributed by atoms with E-state index in [1.807, 2.05) is 0 Å². The lowest BCUT2D eigenvalue weighted by molar-refractivity contribution is 0.0597. The molecule has 0 heterocycles. The van der Waals surface area contributed by atoms with E-state index in [1.54, 1.807) is 0 Å². The van der Waals surface area contributed by atoms with Crippen molar-refractivity contribution in [3.05, 3.63) is 28.2 Å². The van der Waals surface area contributed by atoms with Crippen LogP contribution in [0.4, 0.5) is 0 Å². The van der Waals surface area contributed by atoms with Crippen molar-refractivity contribution in [1.82, 2.24) is 0 Å². The van der Waals surface area contributed by atoms with Crippen LogP contribution in [-0.2, 0) is 4.74 Å². The van der Waals surface area contributed by atoms with E-state index in [2.05, 4.69) is 26.7 Å². The molecule has 0 spiro atoms. The summed E-state index contributed by atoms with van der Waals surface area (Å²) >= 11 is 3.05. The van der Waals surface area contributed by atoms with Crippen LogP contribution in [0, 0.1) is 6.07 Å². The highest BCUT2D eigenvalue weighted by atomic mass is 79.9. The number of halogens is 1. The van der Waals surface area contributed by atoms with E-state index in [0.29, 0.717) is 4.47 Å². The zero-order valence-corrected chi connectivity index (χ0v) is 7.88. The zero-order valence-electron chi connectivity index (χ0n) is 6.30. The van der Waals surface area contributed by atoms with E-state index in [4.69, 9.17) is 0 Å². The third kappa shape index (κ3) is 1.58. The lowest BCUT2D eigenvalue weighted by atomic mass is 10.2. The first-order chi connectivity index (χ1) is 5.66. The van der Waals surface area contributed by atoms with Crippen molar-refractivity contribution in [3.8, 4) is 5.75 Å². The summed E-state index contributed by atoms with van der Waals surface area (Å²) in [6.07, 6.45) is 0. The first kappa shape index (κ1) is 9.06. The van der Waals surface area contributed by atoms with Crippen LogP contribution in [0.15, 0.2) is 16.6 Å². The molecule has 0 saturated carbocycles. The van der Waals surface area contributed by atoms with E-state index < -0.39 is 5.97 Å². The van der Waals surface area contributed by atoms with Gasteiger partial charge in [-0.25, -0.2) is 4.79 Å². The standard InChI is InChI=1S/C8H6BrO3/c1-12-8(11)5-3-2-4-6(9)7(5)10/h3-4,10H,1H3. The molecule has 63 valence electrons. The van der Waals surface area contributed by atoms with Crippen molar-refractivity contribution in [1.29, 1.82) is 0 Å². The minimum absolute atomic E-state index is 0.104. The molecule has 1 N–H and O–H groups in total. The number of phenolic OH excluding ortho intramolecular Hbond substituents is 1. The van der Waals surface area contributed by atoms with Crippen LogP contribution in [0.1, 0.15) is 10.4 Å². The number of esters is 1. The summed E-state index contributed by atoms with van der Waals surface area (Å²) in [4.78, 5) is 11.0. The molecule has 3 nitrogen and oxygen atoms in total. The van der Waals surface area contributed by atoms with Gasteiger partial charge in [0.15, 0.2) is 0 Å². The van der Waals surface area contributed by atoms with Crippen LogP contribution in [0.25, 0.3) is 0 Å². The van der Waals surface area contributed by atoms with Gasteiger partial charge in [0.05, 0.1) is 11.6 Å². The fraction of sp³-hybridized carbons (Fsp3) is 0.125. The van der Waals surface area contributed by atoms with Crippen LogP contribution in [0.5, 0.6) is 5.75 Å². The predicted octanol–water partition coefficient (Wildman–Crippen LogP) is 1.74. The van der Waals surface area contributed by atoms with E-state index in [-0.39, 0.29) is 11.3 Å². The van der Waals surface area contributed by atoms with Gasteiger partial charge in [-0.3, -0.25) is 0 Å². The van der Waals surface area contributed by atoms with Gasteiger partial charge in [-0.1, -0.05) is 0 Å². The summed E-state index contributed by atoms with van der Waals surface area (Å²) < 4.78 is 4.85. The Balaban J connectivity index is 3.16. The molecule has 0 bridgehead atoms. The Morgan fingerprint density at radius 1 is 1.67 bits per heavy atom. The van der Waals surface area contributed by atoms with Crippen molar-refractivity contribution in [2.24, 2.45) is 0 Å². The van der Waals surface area contributed by atoms with E-state index in [1.165, 1.54) is 19.2 Å². The maximum Gasteiger partial charge on any atom is 0.341 e. The van der Waals surface area contributed by atoms with Gasteiger partial charge in [0.1, 0.15) is 11.3 Å². The largest absolute Gasteiger partial charge is 0.506 e. The molecule has 0 saturated heterocycles. The van der Waals surface area contributed by atoms with E-state index in [0.717, 1.165) is 0 Å². The number of carbonyl (C=O) groups is 1. The molecule has 0 aromatic heterocycles. The minimum atomic E-state index is -0.579. The molecule has 0 unspecified atom stereocenters. The normalized spacial score (nSPS) is 9.50. The highest BCUT2D eigenvalue weighted by Crippen LogP contribution is 2.27. The van der Waals surface area contributed by atoms with Gasteiger partial charge < -0.3 is 9.84 Å². The van der Waals surface area contributed by atoms with Crippen molar-refractivity contribution in [3.63, 3.8) is 0 Å². The molecule has 0 amide bonds. The van der Waals surface area contributed by atoms with Gasteiger partial charge in [0.25, 0.3) is 0 Å². The molecule has 12 heavy (non-hydrogen) atoms. The highest BCUT2D eigenvalue weighted by Gasteiger charge is 2.12. The van der Waals surface area contributed by atoms with E-state index >= 15 is 0 Å². The Hall–Kier alpha value is -1.03. The number of hydrogen-bond acceptors (Lipinski definition) is 3. The van der Waals surface area contributed by atoms with E-state index in [9.17, 15) is 9.90 Å². The Morgan fingerprint density at radius 3 is 2.92 bits per heavy atom. The first-order valence-electron chi connectivity index (χ1n) is 3.13. The van der Waals surface area contributed by atoms with Crippen molar-refractivity contribution < 1.29 is 14.6 Å². The summed E-state index contributed by atoms with van der Waals surface area (Å²) in [7, 11) is 1.25. The molecule has 0 aliphatic heterocycles. The molecule has 1 rings (SSSR count). The highest BCUT2D eigenvalue weighted by molar-refractivity contribution is 9.10. The molecule has 0 atom stereocenters. The number of phenols is 1. The maximum atomic E-state index is 11.0. The summed E-state index contributed by atoms with van der Waals surface area (Å²) in [5, 5.41) is 9.33. The number of methoxy groups -OCH3 is 1. The summed E-state index contributed by atoms with van der Waals surface area (Å²) in [5.41, 5.74) is 0.104. The van der Waals surface area contributed by atoms with Crippen LogP contribution in [0.3, 0.4) is 0 Å².